The van der Waals surface area contributed by atoms with Gasteiger partial charge in [-0.3, -0.25) is 24.8 Å². The summed E-state index contributed by atoms with van der Waals surface area (Å²) < 4.78 is 12.7. The zero-order chi connectivity index (χ0) is 25.7. The SMILES string of the molecule is CCOc1cc(/C=C2/SC(=NC(C)C)N(C(C)C)C2=O)cc(I)c1OCc1cccc([N+](=O)[O-])c1. The number of rotatable bonds is 9. The number of amidine groups is 1. The Kier molecular flexibility index (Phi) is 9.17. The molecular weight excluding hydrogens is 581 g/mol. The van der Waals surface area contributed by atoms with Gasteiger partial charge in [0.2, 0.25) is 0 Å². The van der Waals surface area contributed by atoms with Crippen molar-refractivity contribution in [3.63, 3.8) is 0 Å². The molecule has 1 saturated heterocycles. The van der Waals surface area contributed by atoms with Crippen LogP contribution in [0.25, 0.3) is 6.08 Å². The van der Waals surface area contributed by atoms with Gasteiger partial charge in [-0.25, -0.2) is 0 Å². The Balaban J connectivity index is 1.90. The highest BCUT2D eigenvalue weighted by atomic mass is 127. The van der Waals surface area contributed by atoms with Crippen molar-refractivity contribution in [3.05, 3.63) is 66.1 Å². The summed E-state index contributed by atoms with van der Waals surface area (Å²) in [4.78, 5) is 30.7. The maximum atomic E-state index is 13.1. The first-order valence-electron chi connectivity index (χ1n) is 11.2. The van der Waals surface area contributed by atoms with Crippen LogP contribution in [0.15, 0.2) is 46.3 Å². The topological polar surface area (TPSA) is 94.3 Å². The molecule has 186 valence electrons. The lowest BCUT2D eigenvalue weighted by Crippen LogP contribution is -2.35. The summed E-state index contributed by atoms with van der Waals surface area (Å²) in [6.45, 7) is 10.4. The van der Waals surface area contributed by atoms with Gasteiger partial charge in [0.25, 0.3) is 11.6 Å². The Morgan fingerprint density at radius 2 is 1.94 bits per heavy atom. The van der Waals surface area contributed by atoms with Crippen LogP contribution in [0, 0.1) is 13.7 Å². The van der Waals surface area contributed by atoms with Crippen LogP contribution in [0.1, 0.15) is 45.7 Å². The van der Waals surface area contributed by atoms with Gasteiger partial charge in [0, 0.05) is 24.2 Å². The first kappa shape index (κ1) is 27.0. The van der Waals surface area contributed by atoms with E-state index in [0.29, 0.717) is 33.7 Å². The van der Waals surface area contributed by atoms with Crippen molar-refractivity contribution >= 4 is 57.2 Å². The standard InChI is InChI=1S/C25H28IN3O5S/c1-6-33-21-12-18(13-22-24(30)28(16(4)5)25(35-22)27-15(2)3)11-20(26)23(21)34-14-17-8-7-9-19(10-17)29(31)32/h7-13,15-16H,6,14H2,1-5H3/b22-13+,27-25?. The number of nitro benzene ring substituents is 1. The van der Waals surface area contributed by atoms with Crippen LogP contribution in [0.3, 0.4) is 0 Å². The summed E-state index contributed by atoms with van der Waals surface area (Å²) in [7, 11) is 0. The molecule has 1 aliphatic heterocycles. The predicted octanol–water partition coefficient (Wildman–Crippen LogP) is 6.27. The van der Waals surface area contributed by atoms with Crippen LogP contribution < -0.4 is 9.47 Å². The van der Waals surface area contributed by atoms with E-state index >= 15 is 0 Å². The molecule has 2 aromatic rings. The third kappa shape index (κ3) is 6.75. The number of nitro groups is 1. The molecule has 3 rings (SSSR count). The van der Waals surface area contributed by atoms with Crippen LogP contribution in [0.5, 0.6) is 11.5 Å². The van der Waals surface area contributed by atoms with Crippen molar-refractivity contribution in [2.75, 3.05) is 6.61 Å². The van der Waals surface area contributed by atoms with Crippen molar-refractivity contribution in [2.24, 2.45) is 4.99 Å². The van der Waals surface area contributed by atoms with Crippen molar-refractivity contribution in [2.45, 2.75) is 53.3 Å². The molecule has 0 saturated carbocycles. The number of hydrogen-bond donors (Lipinski definition) is 0. The molecule has 35 heavy (non-hydrogen) atoms. The van der Waals surface area contributed by atoms with E-state index in [1.165, 1.54) is 23.9 Å². The monoisotopic (exact) mass is 609 g/mol. The second-order valence-corrected chi connectivity index (χ2v) is 10.5. The molecular formula is C25H28IN3O5S. The van der Waals surface area contributed by atoms with E-state index in [-0.39, 0.29) is 30.3 Å². The Morgan fingerprint density at radius 3 is 2.57 bits per heavy atom. The molecule has 1 heterocycles. The molecule has 0 bridgehead atoms. The summed E-state index contributed by atoms with van der Waals surface area (Å²) in [5.74, 6) is 1.03. The summed E-state index contributed by atoms with van der Waals surface area (Å²) in [6.07, 6.45) is 1.85. The van der Waals surface area contributed by atoms with E-state index in [0.717, 1.165) is 9.13 Å². The van der Waals surface area contributed by atoms with Gasteiger partial charge in [-0.1, -0.05) is 12.1 Å². The molecule has 0 N–H and O–H groups in total. The predicted molar refractivity (Wildman–Crippen MR) is 148 cm³/mol. The number of amides is 1. The molecule has 10 heteroatoms. The lowest BCUT2D eigenvalue weighted by atomic mass is 10.1. The van der Waals surface area contributed by atoms with Gasteiger partial charge in [-0.15, -0.1) is 0 Å². The molecule has 0 aliphatic carbocycles. The molecule has 1 amide bonds. The third-order valence-corrected chi connectivity index (χ3v) is 6.65. The van der Waals surface area contributed by atoms with E-state index in [1.54, 1.807) is 17.0 Å². The van der Waals surface area contributed by atoms with Crippen LogP contribution in [-0.4, -0.2) is 39.6 Å². The lowest BCUT2D eigenvalue weighted by Gasteiger charge is -2.20. The lowest BCUT2D eigenvalue weighted by molar-refractivity contribution is -0.384. The highest BCUT2D eigenvalue weighted by molar-refractivity contribution is 14.1. The average Bonchev–Trinajstić information content (AvgIpc) is 3.07. The van der Waals surface area contributed by atoms with Gasteiger partial charge in [-0.2, -0.15) is 0 Å². The first-order chi connectivity index (χ1) is 16.6. The van der Waals surface area contributed by atoms with Gasteiger partial charge in [-0.05, 0) is 98.3 Å². The summed E-state index contributed by atoms with van der Waals surface area (Å²) >= 11 is 3.55. The smallest absolute Gasteiger partial charge is 0.269 e. The van der Waals surface area contributed by atoms with Crippen LogP contribution in [-0.2, 0) is 11.4 Å². The summed E-state index contributed by atoms with van der Waals surface area (Å²) in [5, 5.41) is 11.8. The van der Waals surface area contributed by atoms with Gasteiger partial charge in [0.1, 0.15) is 6.61 Å². The number of aliphatic imine (C=N–C) groups is 1. The molecule has 0 radical (unpaired) electrons. The third-order valence-electron chi connectivity index (χ3n) is 4.86. The minimum absolute atomic E-state index is 0.00195. The zero-order valence-electron chi connectivity index (χ0n) is 20.3. The maximum absolute atomic E-state index is 13.1. The second kappa shape index (κ2) is 11.9. The minimum Gasteiger partial charge on any atom is -0.490 e. The molecule has 0 aromatic heterocycles. The quantitative estimate of drug-likeness (QED) is 0.144. The molecule has 1 fully saturated rings. The van der Waals surface area contributed by atoms with Crippen molar-refractivity contribution in [1.82, 2.24) is 4.90 Å². The maximum Gasteiger partial charge on any atom is 0.269 e. The second-order valence-electron chi connectivity index (χ2n) is 8.36. The fourth-order valence-corrected chi connectivity index (χ4v) is 5.41. The van der Waals surface area contributed by atoms with Crippen LogP contribution in [0.2, 0.25) is 0 Å². The first-order valence-corrected chi connectivity index (χ1v) is 13.1. The normalized spacial score (nSPS) is 16.1. The molecule has 0 unspecified atom stereocenters. The van der Waals surface area contributed by atoms with Crippen molar-refractivity contribution in [3.8, 4) is 11.5 Å². The molecule has 8 nitrogen and oxygen atoms in total. The number of hydrogen-bond acceptors (Lipinski definition) is 7. The fourth-order valence-electron chi connectivity index (χ4n) is 3.39. The molecule has 2 aromatic carbocycles. The number of carbonyl (C=O) groups excluding carboxylic acids is 1. The minimum atomic E-state index is -0.429. The highest BCUT2D eigenvalue weighted by Gasteiger charge is 2.35. The molecule has 1 aliphatic rings. The Hall–Kier alpha value is -2.60. The summed E-state index contributed by atoms with van der Waals surface area (Å²) in [5.41, 5.74) is 1.51. The fraction of sp³-hybridized carbons (Fsp3) is 0.360. The van der Waals surface area contributed by atoms with Crippen LogP contribution in [0.4, 0.5) is 5.69 Å². The van der Waals surface area contributed by atoms with Gasteiger partial charge < -0.3 is 9.47 Å². The molecule has 0 spiro atoms. The Labute approximate surface area is 223 Å². The van der Waals surface area contributed by atoms with Crippen molar-refractivity contribution in [1.29, 1.82) is 0 Å². The number of halogens is 1. The van der Waals surface area contributed by atoms with E-state index < -0.39 is 4.92 Å². The zero-order valence-corrected chi connectivity index (χ0v) is 23.3. The van der Waals surface area contributed by atoms with E-state index in [4.69, 9.17) is 9.47 Å². The van der Waals surface area contributed by atoms with Gasteiger partial charge >= 0.3 is 0 Å². The number of ether oxygens (including phenoxy) is 2. The van der Waals surface area contributed by atoms with E-state index in [1.807, 2.05) is 52.8 Å². The number of nitrogens with zero attached hydrogens (tertiary/aromatic N) is 3. The van der Waals surface area contributed by atoms with Gasteiger partial charge in [0.15, 0.2) is 16.7 Å². The number of carbonyl (C=O) groups is 1. The Morgan fingerprint density at radius 1 is 1.20 bits per heavy atom. The Bertz CT molecular complexity index is 1180. The summed E-state index contributed by atoms with van der Waals surface area (Å²) in [6, 6.07) is 10.2. The average molecular weight is 609 g/mol. The number of non-ortho nitro benzene ring substituents is 1. The highest BCUT2D eigenvalue weighted by Crippen LogP contribution is 2.38. The largest absolute Gasteiger partial charge is 0.490 e. The van der Waals surface area contributed by atoms with E-state index in [9.17, 15) is 14.9 Å². The van der Waals surface area contributed by atoms with Crippen LogP contribution >= 0.6 is 34.4 Å². The number of thioether (sulfide) groups is 1. The van der Waals surface area contributed by atoms with Gasteiger partial charge in [0.05, 0.1) is 20.0 Å². The number of benzene rings is 2. The van der Waals surface area contributed by atoms with E-state index in [2.05, 4.69) is 27.6 Å². The molecule has 0 atom stereocenters. The van der Waals surface area contributed by atoms with Crippen molar-refractivity contribution < 1.29 is 19.2 Å².